The smallest absolute Gasteiger partial charge is 0.330 e. The normalized spacial score (nSPS) is 10.7. The predicted molar refractivity (Wildman–Crippen MR) is 136 cm³/mol. The van der Waals surface area contributed by atoms with Crippen molar-refractivity contribution in [1.29, 1.82) is 0 Å². The molecule has 0 radical (unpaired) electrons. The lowest BCUT2D eigenvalue weighted by atomic mass is 10.1. The summed E-state index contributed by atoms with van der Waals surface area (Å²) >= 11 is 0. The van der Waals surface area contributed by atoms with Gasteiger partial charge in [-0.05, 0) is 23.1 Å². The van der Waals surface area contributed by atoms with Crippen LogP contribution in [0.15, 0.2) is 94.5 Å². The summed E-state index contributed by atoms with van der Waals surface area (Å²) in [5.74, 6) is 0.0854. The van der Waals surface area contributed by atoms with Gasteiger partial charge in [0.1, 0.15) is 11.5 Å². The Labute approximate surface area is 201 Å². The summed E-state index contributed by atoms with van der Waals surface area (Å²) in [7, 11) is 0. The van der Waals surface area contributed by atoms with Gasteiger partial charge >= 0.3 is 5.69 Å². The van der Waals surface area contributed by atoms with Crippen LogP contribution in [0, 0.1) is 10.1 Å². The molecule has 178 valence electrons. The molecule has 0 saturated carbocycles. The summed E-state index contributed by atoms with van der Waals surface area (Å²) in [4.78, 5) is 40.3. The molecule has 0 saturated heterocycles. The van der Waals surface area contributed by atoms with Crippen LogP contribution in [0.2, 0.25) is 0 Å². The first kappa shape index (κ1) is 23.5. The van der Waals surface area contributed by atoms with Crippen LogP contribution in [0.25, 0.3) is 0 Å². The second-order valence-electron chi connectivity index (χ2n) is 8.15. The first-order chi connectivity index (χ1) is 16.9. The van der Waals surface area contributed by atoms with Crippen molar-refractivity contribution in [2.75, 3.05) is 17.2 Å². The zero-order valence-corrected chi connectivity index (χ0v) is 19.0. The standard InChI is InChI=1S/C26H25N5O4/c27-24-23(25(32)28-26(33)30(24)18-21-9-5-2-6-10-21)29(17-20-7-3-1-4-8-20)16-15-19-11-13-22(14-12-19)31(34)35/h1-14H,15-18,27H2,(H,28,32,33). The number of nitrogen functional groups attached to an aromatic ring is 1. The molecule has 35 heavy (non-hydrogen) atoms. The minimum Gasteiger partial charge on any atom is -0.383 e. The Bertz CT molecular complexity index is 1410. The number of hydrogen-bond donors (Lipinski definition) is 2. The van der Waals surface area contributed by atoms with Crippen molar-refractivity contribution in [2.24, 2.45) is 0 Å². The molecule has 0 aliphatic heterocycles. The summed E-state index contributed by atoms with van der Waals surface area (Å²) in [6, 6.07) is 25.3. The number of hydrogen-bond acceptors (Lipinski definition) is 6. The van der Waals surface area contributed by atoms with E-state index in [2.05, 4.69) is 4.98 Å². The molecule has 3 aromatic carbocycles. The molecule has 0 amide bonds. The number of nitrogens with zero attached hydrogens (tertiary/aromatic N) is 3. The van der Waals surface area contributed by atoms with Crippen molar-refractivity contribution >= 4 is 17.2 Å². The lowest BCUT2D eigenvalue weighted by Crippen LogP contribution is -2.39. The number of rotatable bonds is 9. The molecule has 0 spiro atoms. The lowest BCUT2D eigenvalue weighted by Gasteiger charge is -2.26. The highest BCUT2D eigenvalue weighted by Gasteiger charge is 2.20. The molecule has 4 aromatic rings. The van der Waals surface area contributed by atoms with Crippen molar-refractivity contribution in [3.8, 4) is 0 Å². The van der Waals surface area contributed by atoms with E-state index in [1.165, 1.54) is 16.7 Å². The third-order valence-corrected chi connectivity index (χ3v) is 5.75. The van der Waals surface area contributed by atoms with E-state index < -0.39 is 16.2 Å². The van der Waals surface area contributed by atoms with Gasteiger partial charge in [-0.1, -0.05) is 72.8 Å². The summed E-state index contributed by atoms with van der Waals surface area (Å²) in [5.41, 5.74) is 8.25. The molecule has 4 rings (SSSR count). The van der Waals surface area contributed by atoms with Gasteiger partial charge < -0.3 is 10.6 Å². The monoisotopic (exact) mass is 471 g/mol. The number of non-ortho nitro benzene ring substituents is 1. The second-order valence-corrected chi connectivity index (χ2v) is 8.15. The highest BCUT2D eigenvalue weighted by molar-refractivity contribution is 5.63. The average molecular weight is 472 g/mol. The van der Waals surface area contributed by atoms with E-state index in [0.29, 0.717) is 19.5 Å². The van der Waals surface area contributed by atoms with E-state index in [1.807, 2.05) is 65.6 Å². The molecular formula is C26H25N5O4. The van der Waals surface area contributed by atoms with Crippen LogP contribution in [-0.4, -0.2) is 21.0 Å². The molecule has 0 fully saturated rings. The molecule has 1 heterocycles. The largest absolute Gasteiger partial charge is 0.383 e. The summed E-state index contributed by atoms with van der Waals surface area (Å²) < 4.78 is 1.36. The summed E-state index contributed by atoms with van der Waals surface area (Å²) in [6.45, 7) is 1.02. The number of aromatic nitrogens is 2. The average Bonchev–Trinajstić information content (AvgIpc) is 2.86. The van der Waals surface area contributed by atoms with Crippen molar-refractivity contribution in [3.63, 3.8) is 0 Å². The van der Waals surface area contributed by atoms with Crippen molar-refractivity contribution in [1.82, 2.24) is 9.55 Å². The maximum absolute atomic E-state index is 13.0. The van der Waals surface area contributed by atoms with E-state index in [9.17, 15) is 19.7 Å². The molecule has 9 nitrogen and oxygen atoms in total. The number of nitro groups is 1. The third kappa shape index (κ3) is 5.64. The van der Waals surface area contributed by atoms with Crippen LogP contribution in [0.1, 0.15) is 16.7 Å². The molecule has 0 aliphatic carbocycles. The van der Waals surface area contributed by atoms with Gasteiger partial charge in [0.15, 0.2) is 0 Å². The van der Waals surface area contributed by atoms with Crippen molar-refractivity contribution < 1.29 is 4.92 Å². The summed E-state index contributed by atoms with van der Waals surface area (Å²) in [5, 5.41) is 10.9. The summed E-state index contributed by atoms with van der Waals surface area (Å²) in [6.07, 6.45) is 0.515. The van der Waals surface area contributed by atoms with Gasteiger partial charge in [0.2, 0.25) is 0 Å². The zero-order chi connectivity index (χ0) is 24.8. The number of H-pyrrole nitrogens is 1. The van der Waals surface area contributed by atoms with Gasteiger partial charge in [0.05, 0.1) is 11.5 Å². The Morgan fingerprint density at radius 3 is 2.06 bits per heavy atom. The maximum Gasteiger partial charge on any atom is 0.330 e. The first-order valence-corrected chi connectivity index (χ1v) is 11.1. The van der Waals surface area contributed by atoms with Gasteiger partial charge in [-0.25, -0.2) is 4.79 Å². The van der Waals surface area contributed by atoms with Crippen molar-refractivity contribution in [3.05, 3.63) is 133 Å². The zero-order valence-electron chi connectivity index (χ0n) is 19.0. The number of anilines is 2. The first-order valence-electron chi connectivity index (χ1n) is 11.1. The fourth-order valence-corrected chi connectivity index (χ4v) is 3.93. The van der Waals surface area contributed by atoms with Crippen LogP contribution in [-0.2, 0) is 19.5 Å². The molecule has 1 aromatic heterocycles. The molecule has 0 aliphatic rings. The maximum atomic E-state index is 13.0. The van der Waals surface area contributed by atoms with Crippen LogP contribution < -0.4 is 21.9 Å². The van der Waals surface area contributed by atoms with Gasteiger partial charge in [-0.15, -0.1) is 0 Å². The molecular weight excluding hydrogens is 446 g/mol. The highest BCUT2D eigenvalue weighted by Crippen LogP contribution is 2.21. The fourth-order valence-electron chi connectivity index (χ4n) is 3.93. The molecule has 0 atom stereocenters. The van der Waals surface area contributed by atoms with E-state index in [1.54, 1.807) is 12.1 Å². The van der Waals surface area contributed by atoms with Crippen LogP contribution in [0.5, 0.6) is 0 Å². The molecule has 3 N–H and O–H groups in total. The lowest BCUT2D eigenvalue weighted by molar-refractivity contribution is -0.384. The minimum atomic E-state index is -0.574. The predicted octanol–water partition coefficient (Wildman–Crippen LogP) is 3.32. The minimum absolute atomic E-state index is 0.0172. The number of nitrogens with two attached hydrogens (primary N) is 1. The number of aromatic amines is 1. The van der Waals surface area contributed by atoms with Gasteiger partial charge in [-0.2, -0.15) is 0 Å². The molecule has 0 unspecified atom stereocenters. The topological polar surface area (TPSA) is 127 Å². The van der Waals surface area contributed by atoms with Crippen LogP contribution >= 0.6 is 0 Å². The van der Waals surface area contributed by atoms with E-state index in [4.69, 9.17) is 5.73 Å². The van der Waals surface area contributed by atoms with E-state index in [-0.39, 0.29) is 23.7 Å². The Balaban J connectivity index is 1.69. The van der Waals surface area contributed by atoms with Gasteiger partial charge in [0.25, 0.3) is 11.2 Å². The Morgan fingerprint density at radius 2 is 1.46 bits per heavy atom. The SMILES string of the molecule is Nc1c(N(CCc2ccc([N+](=O)[O-])cc2)Cc2ccccc2)c(=O)[nH]c(=O)n1Cc1ccccc1. The Hall–Kier alpha value is -4.66. The fraction of sp³-hybridized carbons (Fsp3) is 0.154. The Kier molecular flexibility index (Phi) is 7.06. The van der Waals surface area contributed by atoms with Gasteiger partial charge in [0, 0.05) is 25.2 Å². The van der Waals surface area contributed by atoms with E-state index in [0.717, 1.165) is 16.7 Å². The second kappa shape index (κ2) is 10.5. The number of nitrogens with one attached hydrogen (secondary N) is 1. The Morgan fingerprint density at radius 1 is 0.857 bits per heavy atom. The third-order valence-electron chi connectivity index (χ3n) is 5.75. The number of benzene rings is 3. The van der Waals surface area contributed by atoms with Crippen LogP contribution in [0.4, 0.5) is 17.2 Å². The quantitative estimate of drug-likeness (QED) is 0.285. The van der Waals surface area contributed by atoms with Crippen molar-refractivity contribution in [2.45, 2.75) is 19.5 Å². The van der Waals surface area contributed by atoms with Crippen LogP contribution in [0.3, 0.4) is 0 Å². The molecule has 0 bridgehead atoms. The van der Waals surface area contributed by atoms with E-state index >= 15 is 0 Å². The molecule has 9 heteroatoms. The highest BCUT2D eigenvalue weighted by atomic mass is 16.6. The van der Waals surface area contributed by atoms with Gasteiger partial charge in [-0.3, -0.25) is 24.5 Å². The number of nitro benzene ring substituents is 1.